The van der Waals surface area contributed by atoms with Crippen molar-refractivity contribution in [1.82, 2.24) is 0 Å². The summed E-state index contributed by atoms with van der Waals surface area (Å²) in [7, 11) is -1.99. The molecule has 0 fully saturated rings. The van der Waals surface area contributed by atoms with Gasteiger partial charge in [-0.1, -0.05) is 42.5 Å². The van der Waals surface area contributed by atoms with E-state index in [0.29, 0.717) is 5.69 Å². The molecule has 2 N–H and O–H groups in total. The molecule has 0 saturated carbocycles. The van der Waals surface area contributed by atoms with Gasteiger partial charge in [0.05, 0.1) is 23.2 Å². The van der Waals surface area contributed by atoms with Crippen LogP contribution in [-0.4, -0.2) is 27.4 Å². The smallest absolute Gasteiger partial charge is 0.235 e. The van der Waals surface area contributed by atoms with Crippen LogP contribution >= 0.6 is 0 Å². The predicted molar refractivity (Wildman–Crippen MR) is 98.8 cm³/mol. The molecule has 0 aliphatic carbocycles. The minimum atomic E-state index is -3.48. The van der Waals surface area contributed by atoms with Gasteiger partial charge in [0, 0.05) is 13.2 Å². The van der Waals surface area contributed by atoms with Crippen LogP contribution in [0.3, 0.4) is 0 Å². The molecule has 2 aromatic carbocycles. The fourth-order valence-corrected chi connectivity index (χ4v) is 3.69. The van der Waals surface area contributed by atoms with E-state index in [4.69, 9.17) is 4.74 Å². The van der Waals surface area contributed by atoms with Gasteiger partial charge < -0.3 is 10.1 Å². The van der Waals surface area contributed by atoms with E-state index in [0.717, 1.165) is 11.3 Å². The molecular formula is C18H24N2O3S. The van der Waals surface area contributed by atoms with Crippen molar-refractivity contribution in [1.29, 1.82) is 0 Å². The van der Waals surface area contributed by atoms with Crippen molar-refractivity contribution in [3.8, 4) is 0 Å². The van der Waals surface area contributed by atoms with E-state index in [-0.39, 0.29) is 17.9 Å². The highest BCUT2D eigenvalue weighted by Crippen LogP contribution is 2.27. The number of para-hydroxylation sites is 2. The van der Waals surface area contributed by atoms with Crippen LogP contribution in [0.5, 0.6) is 0 Å². The van der Waals surface area contributed by atoms with E-state index in [1.807, 2.05) is 49.4 Å². The fourth-order valence-electron chi connectivity index (χ4n) is 2.34. The van der Waals surface area contributed by atoms with E-state index < -0.39 is 10.0 Å². The van der Waals surface area contributed by atoms with Gasteiger partial charge in [-0.15, -0.1) is 0 Å². The summed E-state index contributed by atoms with van der Waals surface area (Å²) in [6.45, 7) is 3.76. The highest BCUT2D eigenvalue weighted by atomic mass is 32.2. The molecule has 5 nitrogen and oxygen atoms in total. The molecule has 0 aliphatic heterocycles. The maximum Gasteiger partial charge on any atom is 0.235 e. The fraction of sp³-hybridized carbons (Fsp3) is 0.333. The molecule has 0 amide bonds. The lowest BCUT2D eigenvalue weighted by atomic mass is 10.1. The Morgan fingerprint density at radius 3 is 2.17 bits per heavy atom. The average molecular weight is 348 g/mol. The number of methoxy groups -OCH3 is 1. The summed E-state index contributed by atoms with van der Waals surface area (Å²) in [4.78, 5) is 0. The molecule has 130 valence electrons. The normalized spacial score (nSPS) is 14.0. The van der Waals surface area contributed by atoms with Crippen LogP contribution in [-0.2, 0) is 14.8 Å². The van der Waals surface area contributed by atoms with Crippen LogP contribution in [0.15, 0.2) is 54.6 Å². The van der Waals surface area contributed by atoms with Crippen LogP contribution in [0.1, 0.15) is 25.5 Å². The molecule has 2 rings (SSSR count). The summed E-state index contributed by atoms with van der Waals surface area (Å²) >= 11 is 0. The lowest BCUT2D eigenvalue weighted by Gasteiger charge is -2.20. The maximum atomic E-state index is 12.3. The summed E-state index contributed by atoms with van der Waals surface area (Å²) in [5, 5.41) is 3.36. The Bertz CT molecular complexity index is 748. The Morgan fingerprint density at radius 2 is 1.54 bits per heavy atom. The lowest BCUT2D eigenvalue weighted by Crippen LogP contribution is -2.26. The monoisotopic (exact) mass is 348 g/mol. The number of nitrogens with one attached hydrogen (secondary N) is 2. The SMILES string of the molecule is CO[C@H](C)CS(=O)(=O)Nc1ccccc1N[C@H](C)c1ccccc1. The number of hydrogen-bond donors (Lipinski definition) is 2. The first-order valence-electron chi connectivity index (χ1n) is 7.85. The lowest BCUT2D eigenvalue weighted by molar-refractivity contribution is 0.136. The van der Waals surface area contributed by atoms with Gasteiger partial charge in [0.25, 0.3) is 0 Å². The molecule has 0 aromatic heterocycles. The van der Waals surface area contributed by atoms with Crippen LogP contribution < -0.4 is 10.0 Å². The molecule has 0 bridgehead atoms. The maximum absolute atomic E-state index is 12.3. The Morgan fingerprint density at radius 1 is 0.958 bits per heavy atom. The minimum absolute atomic E-state index is 0.0507. The molecule has 0 saturated heterocycles. The Hall–Kier alpha value is -2.05. The number of anilines is 2. The predicted octanol–water partition coefficient (Wildman–Crippen LogP) is 3.64. The second-order valence-corrected chi connectivity index (χ2v) is 7.52. The van der Waals surface area contributed by atoms with Crippen molar-refractivity contribution in [2.45, 2.75) is 26.0 Å². The van der Waals surface area contributed by atoms with Gasteiger partial charge in [-0.2, -0.15) is 0 Å². The van der Waals surface area contributed by atoms with Crippen molar-refractivity contribution in [2.24, 2.45) is 0 Å². The van der Waals surface area contributed by atoms with Crippen molar-refractivity contribution in [3.05, 3.63) is 60.2 Å². The Kier molecular flexibility index (Phi) is 6.23. The first-order chi connectivity index (χ1) is 11.4. The molecule has 2 atom stereocenters. The summed E-state index contributed by atoms with van der Waals surface area (Å²) in [6, 6.07) is 17.3. The third-order valence-electron chi connectivity index (χ3n) is 3.72. The zero-order valence-electron chi connectivity index (χ0n) is 14.2. The van der Waals surface area contributed by atoms with Gasteiger partial charge in [0.1, 0.15) is 0 Å². The number of rotatable bonds is 8. The number of hydrogen-bond acceptors (Lipinski definition) is 4. The molecule has 2 aromatic rings. The molecule has 6 heteroatoms. The van der Waals surface area contributed by atoms with Gasteiger partial charge in [-0.25, -0.2) is 8.42 Å². The van der Waals surface area contributed by atoms with E-state index in [9.17, 15) is 8.42 Å². The highest BCUT2D eigenvalue weighted by Gasteiger charge is 2.17. The molecule has 24 heavy (non-hydrogen) atoms. The van der Waals surface area contributed by atoms with Crippen molar-refractivity contribution in [2.75, 3.05) is 22.9 Å². The standard InChI is InChI=1S/C18H24N2O3S/c1-14(23-3)13-24(21,22)20-18-12-8-7-11-17(18)19-15(2)16-9-5-4-6-10-16/h4-12,14-15,19-20H,13H2,1-3H3/t14-,15-/m1/s1. The van der Waals surface area contributed by atoms with Crippen LogP contribution in [0, 0.1) is 0 Å². The summed E-state index contributed by atoms with van der Waals surface area (Å²) < 4.78 is 32.2. The third kappa shape index (κ3) is 5.25. The van der Waals surface area contributed by atoms with E-state index in [1.54, 1.807) is 19.1 Å². The van der Waals surface area contributed by atoms with Gasteiger partial charge >= 0.3 is 0 Å². The quantitative estimate of drug-likeness (QED) is 0.764. The van der Waals surface area contributed by atoms with Crippen molar-refractivity contribution >= 4 is 21.4 Å². The first kappa shape index (κ1) is 18.3. The molecule has 0 radical (unpaired) electrons. The molecule has 0 aliphatic rings. The Labute approximate surface area is 144 Å². The van der Waals surface area contributed by atoms with E-state index in [1.165, 1.54) is 7.11 Å². The average Bonchev–Trinajstić information content (AvgIpc) is 2.56. The van der Waals surface area contributed by atoms with E-state index >= 15 is 0 Å². The van der Waals surface area contributed by atoms with Crippen molar-refractivity contribution in [3.63, 3.8) is 0 Å². The number of benzene rings is 2. The van der Waals surface area contributed by atoms with E-state index in [2.05, 4.69) is 10.0 Å². The largest absolute Gasteiger partial charge is 0.381 e. The number of sulfonamides is 1. The summed E-state index contributed by atoms with van der Waals surface area (Å²) in [5.41, 5.74) is 2.40. The van der Waals surface area contributed by atoms with Gasteiger partial charge in [0.2, 0.25) is 10.0 Å². The summed E-state index contributed by atoms with van der Waals surface area (Å²) in [6.07, 6.45) is -0.370. The summed E-state index contributed by atoms with van der Waals surface area (Å²) in [5.74, 6) is -0.0912. The van der Waals surface area contributed by atoms with Gasteiger partial charge in [0.15, 0.2) is 0 Å². The molecular weight excluding hydrogens is 324 g/mol. The highest BCUT2D eigenvalue weighted by molar-refractivity contribution is 7.92. The second kappa shape index (κ2) is 8.17. The third-order valence-corrected chi connectivity index (χ3v) is 5.16. The minimum Gasteiger partial charge on any atom is -0.381 e. The number of ether oxygens (including phenoxy) is 1. The van der Waals surface area contributed by atoms with Gasteiger partial charge in [-0.05, 0) is 31.5 Å². The van der Waals surface area contributed by atoms with Crippen LogP contribution in [0.25, 0.3) is 0 Å². The Balaban J connectivity index is 2.16. The topological polar surface area (TPSA) is 67.4 Å². The molecule has 0 spiro atoms. The van der Waals surface area contributed by atoms with Crippen molar-refractivity contribution < 1.29 is 13.2 Å². The zero-order chi connectivity index (χ0) is 17.6. The zero-order valence-corrected chi connectivity index (χ0v) is 15.0. The van der Waals surface area contributed by atoms with Crippen LogP contribution in [0.4, 0.5) is 11.4 Å². The van der Waals surface area contributed by atoms with Crippen LogP contribution in [0.2, 0.25) is 0 Å². The molecule has 0 heterocycles. The second-order valence-electron chi connectivity index (χ2n) is 5.75. The van der Waals surface area contributed by atoms with Gasteiger partial charge in [-0.3, -0.25) is 4.72 Å². The first-order valence-corrected chi connectivity index (χ1v) is 9.50. The molecule has 0 unspecified atom stereocenters.